The Labute approximate surface area is 166 Å². The van der Waals surface area contributed by atoms with E-state index >= 15 is 0 Å². The molecule has 5 nitrogen and oxygen atoms in total. The van der Waals surface area contributed by atoms with Crippen molar-refractivity contribution in [2.24, 2.45) is 0 Å². The van der Waals surface area contributed by atoms with Crippen molar-refractivity contribution in [2.75, 3.05) is 14.2 Å². The third-order valence-electron chi connectivity index (χ3n) is 4.51. The molecule has 0 saturated heterocycles. The van der Waals surface area contributed by atoms with E-state index in [1.807, 2.05) is 30.3 Å². The Kier molecular flexibility index (Phi) is 4.75. The van der Waals surface area contributed by atoms with Crippen molar-refractivity contribution in [1.82, 2.24) is 4.98 Å². The van der Waals surface area contributed by atoms with Crippen LogP contribution in [0.5, 0.6) is 23.0 Å². The number of pyridine rings is 1. The van der Waals surface area contributed by atoms with Crippen LogP contribution < -0.4 is 14.2 Å². The maximum Gasteiger partial charge on any atom is 0.256 e. The molecule has 0 fully saturated rings. The van der Waals surface area contributed by atoms with Crippen molar-refractivity contribution in [2.45, 2.75) is 0 Å². The molecule has 1 heterocycles. The first-order valence-corrected chi connectivity index (χ1v) is 8.90. The summed E-state index contributed by atoms with van der Waals surface area (Å²) in [7, 11) is 3.13. The van der Waals surface area contributed by atoms with Crippen LogP contribution in [0.1, 0.15) is 10.4 Å². The number of carbonyl (C=O) groups excluding carboxylic acids is 1. The Morgan fingerprint density at radius 3 is 2.36 bits per heavy atom. The lowest BCUT2D eigenvalue weighted by molar-refractivity contribution is 0.108. The zero-order valence-corrected chi connectivity index (χ0v) is 16.0. The first-order valence-electron chi connectivity index (χ1n) is 8.52. The smallest absolute Gasteiger partial charge is 0.256 e. The zero-order valence-electron chi connectivity index (χ0n) is 15.2. The molecule has 0 saturated carbocycles. The number of nitrogens with zero attached hydrogens (tertiary/aromatic N) is 1. The number of hydrogen-bond acceptors (Lipinski definition) is 5. The van der Waals surface area contributed by atoms with E-state index < -0.39 is 5.24 Å². The van der Waals surface area contributed by atoms with E-state index in [0.29, 0.717) is 34.1 Å². The normalized spacial score (nSPS) is 10.8. The predicted octanol–water partition coefficient (Wildman–Crippen LogP) is 5.58. The van der Waals surface area contributed by atoms with Gasteiger partial charge in [-0.3, -0.25) is 9.78 Å². The molecule has 0 aliphatic heterocycles. The van der Waals surface area contributed by atoms with E-state index in [2.05, 4.69) is 4.98 Å². The van der Waals surface area contributed by atoms with Gasteiger partial charge >= 0.3 is 0 Å². The van der Waals surface area contributed by atoms with E-state index in [4.69, 9.17) is 25.8 Å². The molecule has 0 aliphatic rings. The molecule has 3 aromatic carbocycles. The lowest BCUT2D eigenvalue weighted by Gasteiger charge is -2.14. The highest BCUT2D eigenvalue weighted by atomic mass is 35.5. The first kappa shape index (κ1) is 18.1. The van der Waals surface area contributed by atoms with Gasteiger partial charge in [-0.1, -0.05) is 30.3 Å². The van der Waals surface area contributed by atoms with Gasteiger partial charge in [0.25, 0.3) is 5.24 Å². The fourth-order valence-corrected chi connectivity index (χ4v) is 3.39. The quantitative estimate of drug-likeness (QED) is 0.414. The molecule has 0 spiro atoms. The second-order valence-electron chi connectivity index (χ2n) is 6.07. The minimum absolute atomic E-state index is 0.324. The van der Waals surface area contributed by atoms with Crippen molar-refractivity contribution in [1.29, 1.82) is 0 Å². The first-order chi connectivity index (χ1) is 13.6. The van der Waals surface area contributed by atoms with E-state index in [-0.39, 0.29) is 0 Å². The molecule has 0 atom stereocenters. The van der Waals surface area contributed by atoms with Crippen LogP contribution in [0.3, 0.4) is 0 Å². The van der Waals surface area contributed by atoms with Gasteiger partial charge in [-0.15, -0.1) is 0 Å². The van der Waals surface area contributed by atoms with Crippen LogP contribution in [0.2, 0.25) is 0 Å². The highest BCUT2D eigenvalue weighted by molar-refractivity contribution is 6.69. The highest BCUT2D eigenvalue weighted by Gasteiger charge is 2.17. The van der Waals surface area contributed by atoms with Crippen molar-refractivity contribution < 1.29 is 19.0 Å². The average Bonchev–Trinajstić information content (AvgIpc) is 2.72. The second kappa shape index (κ2) is 7.37. The van der Waals surface area contributed by atoms with E-state index in [0.717, 1.165) is 16.2 Å². The van der Waals surface area contributed by atoms with Crippen LogP contribution in [-0.4, -0.2) is 24.4 Å². The van der Waals surface area contributed by atoms with Gasteiger partial charge in [0.15, 0.2) is 11.5 Å². The molecular weight excluding hydrogens is 378 g/mol. The largest absolute Gasteiger partial charge is 0.493 e. The lowest BCUT2D eigenvalue weighted by Crippen LogP contribution is -1.98. The highest BCUT2D eigenvalue weighted by Crippen LogP contribution is 2.39. The molecule has 0 unspecified atom stereocenters. The molecule has 4 aromatic rings. The number of carbonyl (C=O) groups is 1. The Morgan fingerprint density at radius 1 is 0.857 bits per heavy atom. The summed E-state index contributed by atoms with van der Waals surface area (Å²) in [6.07, 6.45) is 1.63. The second-order valence-corrected chi connectivity index (χ2v) is 6.41. The number of rotatable bonds is 5. The maximum atomic E-state index is 12.2. The van der Waals surface area contributed by atoms with Crippen LogP contribution in [0, 0.1) is 0 Å². The summed E-state index contributed by atoms with van der Waals surface area (Å²) >= 11 is 5.89. The minimum atomic E-state index is -0.579. The monoisotopic (exact) mass is 393 g/mol. The summed E-state index contributed by atoms with van der Waals surface area (Å²) in [6.45, 7) is 0. The summed E-state index contributed by atoms with van der Waals surface area (Å²) in [4.78, 5) is 16.5. The lowest BCUT2D eigenvalue weighted by atomic mass is 10.0. The van der Waals surface area contributed by atoms with Crippen LogP contribution >= 0.6 is 11.6 Å². The SMILES string of the molecule is COc1cc2nccc(Oc3ccc4ccccc4c3C(=O)Cl)c2cc1OC. The molecular formula is C22H16ClNO4. The number of halogens is 1. The Morgan fingerprint density at radius 2 is 1.61 bits per heavy atom. The topological polar surface area (TPSA) is 57.7 Å². The van der Waals surface area contributed by atoms with Crippen LogP contribution in [-0.2, 0) is 0 Å². The Hall–Kier alpha value is -3.31. The molecule has 0 N–H and O–H groups in total. The third-order valence-corrected chi connectivity index (χ3v) is 4.70. The minimum Gasteiger partial charge on any atom is -0.493 e. The fraction of sp³-hybridized carbons (Fsp3) is 0.0909. The van der Waals surface area contributed by atoms with E-state index in [1.165, 1.54) is 0 Å². The third kappa shape index (κ3) is 3.10. The molecule has 4 rings (SSSR count). The number of methoxy groups -OCH3 is 2. The predicted molar refractivity (Wildman–Crippen MR) is 109 cm³/mol. The van der Waals surface area contributed by atoms with Gasteiger partial charge < -0.3 is 14.2 Å². The summed E-state index contributed by atoms with van der Waals surface area (Å²) in [5.41, 5.74) is 1.000. The van der Waals surface area contributed by atoms with Crippen molar-refractivity contribution in [3.05, 3.63) is 66.4 Å². The van der Waals surface area contributed by atoms with Gasteiger partial charge in [0.05, 0.1) is 25.3 Å². The van der Waals surface area contributed by atoms with Crippen molar-refractivity contribution in [3.63, 3.8) is 0 Å². The molecule has 28 heavy (non-hydrogen) atoms. The number of ether oxygens (including phenoxy) is 3. The van der Waals surface area contributed by atoms with Crippen molar-refractivity contribution in [3.8, 4) is 23.0 Å². The van der Waals surface area contributed by atoms with Crippen molar-refractivity contribution >= 4 is 38.5 Å². The van der Waals surface area contributed by atoms with Crippen LogP contribution in [0.4, 0.5) is 0 Å². The van der Waals surface area contributed by atoms with Gasteiger partial charge in [0.2, 0.25) is 0 Å². The average molecular weight is 394 g/mol. The van der Waals surface area contributed by atoms with Gasteiger partial charge in [-0.25, -0.2) is 0 Å². The molecule has 140 valence electrons. The standard InChI is InChI=1S/C22H16ClNO4/c1-26-19-11-15-16(12-20(19)27-2)24-10-9-17(15)28-18-8-7-13-5-3-4-6-14(13)21(18)22(23)25/h3-12H,1-2H3. The maximum absolute atomic E-state index is 12.2. The molecule has 0 amide bonds. The molecule has 1 aromatic heterocycles. The number of fused-ring (bicyclic) bond motifs is 2. The summed E-state index contributed by atoms with van der Waals surface area (Å²) in [6, 6.07) is 16.4. The van der Waals surface area contributed by atoms with Gasteiger partial charge in [-0.2, -0.15) is 0 Å². The van der Waals surface area contributed by atoms with E-state index in [9.17, 15) is 4.79 Å². The summed E-state index contributed by atoms with van der Waals surface area (Å²) in [5.74, 6) is 2.03. The number of benzene rings is 3. The molecule has 0 radical (unpaired) electrons. The molecule has 6 heteroatoms. The fourth-order valence-electron chi connectivity index (χ4n) is 3.19. The van der Waals surface area contributed by atoms with Crippen LogP contribution in [0.15, 0.2) is 60.8 Å². The number of hydrogen-bond donors (Lipinski definition) is 0. The number of aromatic nitrogens is 1. The van der Waals surface area contributed by atoms with Crippen LogP contribution in [0.25, 0.3) is 21.7 Å². The summed E-state index contributed by atoms with van der Waals surface area (Å²) in [5, 5.41) is 1.79. The van der Waals surface area contributed by atoms with Gasteiger partial charge in [-0.05, 0) is 40.6 Å². The summed E-state index contributed by atoms with van der Waals surface area (Å²) < 4.78 is 16.8. The molecule has 0 bridgehead atoms. The van der Waals surface area contributed by atoms with Gasteiger partial charge in [0.1, 0.15) is 11.5 Å². The van der Waals surface area contributed by atoms with E-state index in [1.54, 1.807) is 44.7 Å². The zero-order chi connectivity index (χ0) is 19.7. The molecule has 0 aliphatic carbocycles. The Bertz CT molecular complexity index is 1210. The Balaban J connectivity index is 1.89. The van der Waals surface area contributed by atoms with Gasteiger partial charge in [0, 0.05) is 17.6 Å².